The van der Waals surface area contributed by atoms with Crippen LogP contribution in [0.15, 0.2) is 30.5 Å². The Kier molecular flexibility index (Phi) is 0.779. The first-order chi connectivity index (χ1) is 5.45. The van der Waals surface area contributed by atoms with Crippen molar-refractivity contribution in [3.05, 3.63) is 41.7 Å². The Bertz CT molecular complexity index is 349. The second-order valence-corrected chi connectivity index (χ2v) is 2.96. The van der Waals surface area contributed by atoms with E-state index >= 15 is 0 Å². The summed E-state index contributed by atoms with van der Waals surface area (Å²) in [5, 5.41) is 0. The largest absolute Gasteiger partial charge is 0.256 e. The molecule has 11 heavy (non-hydrogen) atoms. The molecule has 0 aromatic carbocycles. The van der Waals surface area contributed by atoms with E-state index in [1.165, 1.54) is 22.4 Å². The first-order valence-electron chi connectivity index (χ1n) is 3.80. The molecule has 1 heteroatoms. The maximum Gasteiger partial charge on any atom is 0.0740 e. The van der Waals surface area contributed by atoms with Gasteiger partial charge in [-0.3, -0.25) is 4.98 Å². The van der Waals surface area contributed by atoms with E-state index in [-0.39, 0.29) is 0 Å². The summed E-state index contributed by atoms with van der Waals surface area (Å²) in [6.07, 6.45) is 7.33. The van der Waals surface area contributed by atoms with E-state index in [2.05, 4.69) is 23.2 Å². The summed E-state index contributed by atoms with van der Waals surface area (Å²) in [6.45, 7) is 0. The number of aromatic nitrogens is 1. The average molecular weight is 141 g/mol. The topological polar surface area (TPSA) is 12.9 Å². The van der Waals surface area contributed by atoms with E-state index in [9.17, 15) is 0 Å². The van der Waals surface area contributed by atoms with Crippen LogP contribution >= 0.6 is 0 Å². The molecule has 2 aliphatic carbocycles. The fourth-order valence-corrected chi connectivity index (χ4v) is 1.79. The molecular weight excluding hydrogens is 134 g/mol. The van der Waals surface area contributed by atoms with Gasteiger partial charge >= 0.3 is 0 Å². The highest BCUT2D eigenvalue weighted by Crippen LogP contribution is 2.42. The van der Waals surface area contributed by atoms with Crippen molar-refractivity contribution in [1.82, 2.24) is 4.98 Å². The molecule has 0 amide bonds. The molecule has 0 radical (unpaired) electrons. The molecule has 0 spiro atoms. The number of rotatable bonds is 0. The van der Waals surface area contributed by atoms with Crippen molar-refractivity contribution in [2.75, 3.05) is 0 Å². The highest BCUT2D eigenvalue weighted by Gasteiger charge is 2.24. The molecular formula is C10H7N. The minimum absolute atomic E-state index is 1.10. The van der Waals surface area contributed by atoms with Crippen LogP contribution in [-0.4, -0.2) is 4.98 Å². The van der Waals surface area contributed by atoms with Gasteiger partial charge in [-0.25, -0.2) is 0 Å². The predicted molar refractivity (Wildman–Crippen MR) is 44.8 cm³/mol. The normalized spacial score (nSPS) is 17.8. The van der Waals surface area contributed by atoms with Crippen molar-refractivity contribution in [1.29, 1.82) is 0 Å². The molecule has 0 aliphatic heterocycles. The van der Waals surface area contributed by atoms with Crippen LogP contribution in [0.5, 0.6) is 0 Å². The fourth-order valence-electron chi connectivity index (χ4n) is 1.79. The summed E-state index contributed by atoms with van der Waals surface area (Å²) in [5.74, 6) is 0. The van der Waals surface area contributed by atoms with Gasteiger partial charge in [0.1, 0.15) is 0 Å². The van der Waals surface area contributed by atoms with Gasteiger partial charge in [0.15, 0.2) is 0 Å². The van der Waals surface area contributed by atoms with Gasteiger partial charge in [0.2, 0.25) is 0 Å². The number of fused-ring (bicyclic) bond motifs is 5. The van der Waals surface area contributed by atoms with E-state index < -0.39 is 0 Å². The van der Waals surface area contributed by atoms with Gasteiger partial charge in [-0.2, -0.15) is 0 Å². The highest BCUT2D eigenvalue weighted by molar-refractivity contribution is 5.96. The van der Waals surface area contributed by atoms with Crippen molar-refractivity contribution in [2.24, 2.45) is 0 Å². The SMILES string of the molecule is C1=C2CC(=C1)c1ncccc12. The lowest BCUT2D eigenvalue weighted by molar-refractivity contribution is 1.27. The number of pyridine rings is 1. The Hall–Kier alpha value is -1.37. The van der Waals surface area contributed by atoms with Gasteiger partial charge in [0, 0.05) is 18.2 Å². The molecule has 1 aromatic heterocycles. The summed E-state index contributed by atoms with van der Waals surface area (Å²) < 4.78 is 0. The van der Waals surface area contributed by atoms with Crippen molar-refractivity contribution >= 4 is 11.1 Å². The monoisotopic (exact) mass is 141 g/mol. The van der Waals surface area contributed by atoms with Crippen molar-refractivity contribution in [3.63, 3.8) is 0 Å². The Morgan fingerprint density at radius 1 is 1.18 bits per heavy atom. The van der Waals surface area contributed by atoms with E-state index in [0.717, 1.165) is 6.42 Å². The molecule has 0 N–H and O–H groups in total. The summed E-state index contributed by atoms with van der Waals surface area (Å²) in [6, 6.07) is 4.15. The second-order valence-electron chi connectivity index (χ2n) is 2.96. The average Bonchev–Trinajstić information content (AvgIpc) is 2.64. The molecule has 0 saturated carbocycles. The lowest BCUT2D eigenvalue weighted by Crippen LogP contribution is -1.86. The molecule has 1 heterocycles. The summed E-state index contributed by atoms with van der Waals surface area (Å²) in [4.78, 5) is 4.33. The minimum Gasteiger partial charge on any atom is -0.256 e. The second kappa shape index (κ2) is 1.62. The zero-order valence-electron chi connectivity index (χ0n) is 6.04. The maximum atomic E-state index is 4.33. The van der Waals surface area contributed by atoms with Crippen LogP contribution in [0.3, 0.4) is 0 Å². The van der Waals surface area contributed by atoms with Gasteiger partial charge in [0.05, 0.1) is 5.69 Å². The van der Waals surface area contributed by atoms with E-state index in [1.54, 1.807) is 0 Å². The molecule has 0 atom stereocenters. The molecule has 52 valence electrons. The standard InChI is InChI=1S/C10H7N/c1-2-9-7-3-4-8(6-7)10(9)11-5-1/h1-5H,6H2. The summed E-state index contributed by atoms with van der Waals surface area (Å²) >= 11 is 0. The smallest absolute Gasteiger partial charge is 0.0740 e. The van der Waals surface area contributed by atoms with Crippen molar-refractivity contribution < 1.29 is 0 Å². The van der Waals surface area contributed by atoms with E-state index in [4.69, 9.17) is 0 Å². The summed E-state index contributed by atoms with van der Waals surface area (Å²) in [5.41, 5.74) is 5.36. The molecule has 1 aromatic rings. The Morgan fingerprint density at radius 3 is 3.00 bits per heavy atom. The number of nitrogens with zero attached hydrogens (tertiary/aromatic N) is 1. The van der Waals surface area contributed by atoms with Crippen LogP contribution in [0.4, 0.5) is 0 Å². The van der Waals surface area contributed by atoms with E-state index in [1.807, 2.05) is 12.3 Å². The van der Waals surface area contributed by atoms with Crippen LogP contribution < -0.4 is 0 Å². The third kappa shape index (κ3) is 0.535. The van der Waals surface area contributed by atoms with Gasteiger partial charge < -0.3 is 0 Å². The van der Waals surface area contributed by atoms with Gasteiger partial charge in [-0.05, 0) is 17.2 Å². The summed E-state index contributed by atoms with van der Waals surface area (Å²) in [7, 11) is 0. The Labute approximate surface area is 65.1 Å². The molecule has 2 bridgehead atoms. The van der Waals surface area contributed by atoms with E-state index in [0.29, 0.717) is 0 Å². The quantitative estimate of drug-likeness (QED) is 0.540. The van der Waals surface area contributed by atoms with Crippen LogP contribution in [0, 0.1) is 0 Å². The zero-order chi connectivity index (χ0) is 7.26. The predicted octanol–water partition coefficient (Wildman–Crippen LogP) is 2.27. The third-order valence-electron chi connectivity index (χ3n) is 2.32. The van der Waals surface area contributed by atoms with Crippen molar-refractivity contribution in [3.8, 4) is 0 Å². The van der Waals surface area contributed by atoms with Crippen LogP contribution in [-0.2, 0) is 0 Å². The maximum absolute atomic E-state index is 4.33. The fraction of sp³-hybridized carbons (Fsp3) is 0.100. The molecule has 1 nitrogen and oxygen atoms in total. The minimum atomic E-state index is 1.10. The molecule has 0 fully saturated rings. The lowest BCUT2D eigenvalue weighted by Gasteiger charge is -2.00. The third-order valence-corrected chi connectivity index (χ3v) is 2.32. The van der Waals surface area contributed by atoms with Gasteiger partial charge in [-0.1, -0.05) is 18.2 Å². The van der Waals surface area contributed by atoms with Gasteiger partial charge in [0.25, 0.3) is 0 Å². The van der Waals surface area contributed by atoms with Crippen molar-refractivity contribution in [2.45, 2.75) is 6.42 Å². The number of allylic oxidation sites excluding steroid dienone is 4. The highest BCUT2D eigenvalue weighted by atomic mass is 14.7. The number of hydrogen-bond donors (Lipinski definition) is 0. The lowest BCUT2D eigenvalue weighted by atomic mass is 10.1. The first kappa shape index (κ1) is 5.30. The Morgan fingerprint density at radius 2 is 2.09 bits per heavy atom. The van der Waals surface area contributed by atoms with Gasteiger partial charge in [-0.15, -0.1) is 0 Å². The van der Waals surface area contributed by atoms with Crippen LogP contribution in [0.25, 0.3) is 11.1 Å². The molecule has 3 rings (SSSR count). The van der Waals surface area contributed by atoms with Crippen LogP contribution in [0.1, 0.15) is 17.7 Å². The molecule has 0 saturated heterocycles. The van der Waals surface area contributed by atoms with Crippen LogP contribution in [0.2, 0.25) is 0 Å². The Balaban J connectivity index is 2.41. The first-order valence-corrected chi connectivity index (χ1v) is 3.80. The molecule has 2 aliphatic rings. The zero-order valence-corrected chi connectivity index (χ0v) is 6.04. The number of hydrogen-bond acceptors (Lipinski definition) is 1. The molecule has 0 unspecified atom stereocenters.